The molecule has 8 heavy (non-hydrogen) atoms. The first-order valence-corrected chi connectivity index (χ1v) is 1.99. The Kier molecular flexibility index (Phi) is 3.30. The molecule has 0 unspecified atom stereocenters. The van der Waals surface area contributed by atoms with Gasteiger partial charge in [0, 0.05) is 0 Å². The van der Waals surface area contributed by atoms with Gasteiger partial charge in [0.25, 0.3) is 0 Å². The maximum absolute atomic E-state index is 9.83. The van der Waals surface area contributed by atoms with Crippen LogP contribution in [0.3, 0.4) is 0 Å². The van der Waals surface area contributed by atoms with Crippen molar-refractivity contribution >= 4 is 35.7 Å². The predicted octanol–water partition coefficient (Wildman–Crippen LogP) is 0.380. The highest BCUT2D eigenvalue weighted by Crippen LogP contribution is 1.88. The maximum Gasteiger partial charge on any atom is 0.437 e. The fourth-order valence-corrected chi connectivity index (χ4v) is 0.189. The van der Waals surface area contributed by atoms with Gasteiger partial charge in [0.1, 0.15) is 23.7 Å². The maximum atomic E-state index is 9.83. The van der Waals surface area contributed by atoms with Crippen LogP contribution in [-0.4, -0.2) is 11.9 Å². The molecule has 0 aromatic heterocycles. The average Bonchev–Trinajstić information content (AvgIpc) is 1.84. The summed E-state index contributed by atoms with van der Waals surface area (Å²) in [7, 11) is 0. The summed E-state index contributed by atoms with van der Waals surface area (Å²) in [6.45, 7) is 0. The molecule has 4 nitrogen and oxygen atoms in total. The molecule has 6 heteroatoms. The van der Waals surface area contributed by atoms with Gasteiger partial charge < -0.3 is 8.58 Å². The van der Waals surface area contributed by atoms with Crippen LogP contribution in [0.1, 0.15) is 0 Å². The van der Waals surface area contributed by atoms with E-state index in [2.05, 4.69) is 32.3 Å². The summed E-state index contributed by atoms with van der Waals surface area (Å²) < 4.78 is 6.75. The quantitative estimate of drug-likeness (QED) is 0.479. The Morgan fingerprint density at radius 3 is 1.38 bits per heavy atom. The number of hydrogen-bond donors (Lipinski definition) is 0. The Hall–Kier alpha value is -0.480. The van der Waals surface area contributed by atoms with Crippen LogP contribution >= 0.6 is 23.7 Å². The van der Waals surface area contributed by atoms with Gasteiger partial charge in [-0.15, -0.1) is 0 Å². The van der Waals surface area contributed by atoms with E-state index < -0.39 is 11.9 Å². The standard InChI is InChI=1S/C2Cl2O4/c3-7-1(5)2(6)8-4. The summed E-state index contributed by atoms with van der Waals surface area (Å²) in [6, 6.07) is 0. The molecule has 0 aliphatic carbocycles. The largest absolute Gasteiger partial charge is 0.437 e. The van der Waals surface area contributed by atoms with Crippen molar-refractivity contribution in [3.05, 3.63) is 0 Å². The Labute approximate surface area is 54.6 Å². The average molecular weight is 159 g/mol. The van der Waals surface area contributed by atoms with E-state index in [1.807, 2.05) is 0 Å². The lowest BCUT2D eigenvalue weighted by molar-refractivity contribution is -0.155. The Bertz CT molecular complexity index is 96.6. The molecule has 0 aliphatic rings. The molecule has 0 saturated heterocycles. The third-order valence-corrected chi connectivity index (χ3v) is 0.587. The molecule has 0 aliphatic heterocycles. The molecule has 0 saturated carbocycles. The fraction of sp³-hybridized carbons (Fsp3) is 0. The lowest BCUT2D eigenvalue weighted by Crippen LogP contribution is -2.12. The van der Waals surface area contributed by atoms with Crippen LogP contribution in [0.4, 0.5) is 0 Å². The number of halogens is 2. The summed E-state index contributed by atoms with van der Waals surface area (Å²) in [5, 5.41) is 0. The predicted molar refractivity (Wildman–Crippen MR) is 23.9 cm³/mol. The van der Waals surface area contributed by atoms with Crippen molar-refractivity contribution in [2.24, 2.45) is 0 Å². The molecule has 0 radical (unpaired) electrons. The number of carbonyl (C=O) groups excluding carboxylic acids is 2. The van der Waals surface area contributed by atoms with Crippen molar-refractivity contribution in [1.82, 2.24) is 0 Å². The highest BCUT2D eigenvalue weighted by molar-refractivity contribution is 6.38. The van der Waals surface area contributed by atoms with Gasteiger partial charge in [0.05, 0.1) is 0 Å². The van der Waals surface area contributed by atoms with Crippen LogP contribution in [0.5, 0.6) is 0 Å². The number of hydrogen-bond acceptors (Lipinski definition) is 4. The summed E-state index contributed by atoms with van der Waals surface area (Å²) in [4.78, 5) is 19.7. The minimum absolute atomic E-state index is 1.35. The first-order valence-electron chi connectivity index (χ1n) is 1.38. The lowest BCUT2D eigenvalue weighted by atomic mass is 10.7. The van der Waals surface area contributed by atoms with Crippen molar-refractivity contribution in [2.45, 2.75) is 0 Å². The van der Waals surface area contributed by atoms with Gasteiger partial charge in [-0.3, -0.25) is 0 Å². The van der Waals surface area contributed by atoms with E-state index in [-0.39, 0.29) is 0 Å². The zero-order valence-corrected chi connectivity index (χ0v) is 4.90. The van der Waals surface area contributed by atoms with E-state index in [0.29, 0.717) is 0 Å². The first kappa shape index (κ1) is 7.52. The summed E-state index contributed by atoms with van der Waals surface area (Å²) in [6.07, 6.45) is 0. The molecule has 0 atom stereocenters. The molecule has 0 N–H and O–H groups in total. The van der Waals surface area contributed by atoms with Gasteiger partial charge in [-0.05, 0) is 0 Å². The number of carbonyl (C=O) groups is 2. The zero-order valence-electron chi connectivity index (χ0n) is 3.39. The summed E-state index contributed by atoms with van der Waals surface area (Å²) in [5.74, 6) is -2.69. The Morgan fingerprint density at radius 1 is 1.00 bits per heavy atom. The fourth-order valence-electron chi connectivity index (χ4n) is 0.0630. The highest BCUT2D eigenvalue weighted by Gasteiger charge is 2.15. The van der Waals surface area contributed by atoms with E-state index >= 15 is 0 Å². The molecule has 0 aromatic carbocycles. The zero-order chi connectivity index (χ0) is 6.57. The normalized spacial score (nSPS) is 7.75. The lowest BCUT2D eigenvalue weighted by Gasteiger charge is -1.86. The molecule has 0 heterocycles. The monoisotopic (exact) mass is 158 g/mol. The van der Waals surface area contributed by atoms with E-state index in [0.717, 1.165) is 0 Å². The van der Waals surface area contributed by atoms with Gasteiger partial charge in [0.2, 0.25) is 0 Å². The second-order valence-electron chi connectivity index (χ2n) is 0.729. The Balaban J connectivity index is 3.64. The van der Waals surface area contributed by atoms with Gasteiger partial charge >= 0.3 is 11.9 Å². The molecule has 0 fully saturated rings. The van der Waals surface area contributed by atoms with Crippen molar-refractivity contribution in [3.63, 3.8) is 0 Å². The topological polar surface area (TPSA) is 52.6 Å². The molecule has 0 spiro atoms. The minimum atomic E-state index is -1.35. The molecule has 0 amide bonds. The van der Waals surface area contributed by atoms with Crippen LogP contribution < -0.4 is 0 Å². The minimum Gasteiger partial charge on any atom is -0.338 e. The molecule has 0 rings (SSSR count). The smallest absolute Gasteiger partial charge is 0.338 e. The second-order valence-corrected chi connectivity index (χ2v) is 1.04. The van der Waals surface area contributed by atoms with Crippen LogP contribution in [0.2, 0.25) is 0 Å². The highest BCUT2D eigenvalue weighted by atomic mass is 35.5. The number of rotatable bonds is 0. The summed E-state index contributed by atoms with van der Waals surface area (Å²) in [5.41, 5.74) is 0. The van der Waals surface area contributed by atoms with Crippen LogP contribution in [0.15, 0.2) is 0 Å². The van der Waals surface area contributed by atoms with Crippen LogP contribution in [-0.2, 0) is 18.2 Å². The van der Waals surface area contributed by atoms with E-state index in [1.54, 1.807) is 0 Å². The van der Waals surface area contributed by atoms with Crippen molar-refractivity contribution in [2.75, 3.05) is 0 Å². The molecular weight excluding hydrogens is 159 g/mol. The SMILES string of the molecule is O=C(OCl)C(=O)OCl. The van der Waals surface area contributed by atoms with Gasteiger partial charge in [-0.1, -0.05) is 0 Å². The van der Waals surface area contributed by atoms with E-state index in [9.17, 15) is 9.59 Å². The molecule has 0 aromatic rings. The molecular formula is C2Cl2O4. The third kappa shape index (κ3) is 1.99. The van der Waals surface area contributed by atoms with Gasteiger partial charge in [0.15, 0.2) is 0 Å². The summed E-state index contributed by atoms with van der Waals surface area (Å²) >= 11 is 8.83. The van der Waals surface area contributed by atoms with Crippen molar-refractivity contribution in [3.8, 4) is 0 Å². The first-order chi connectivity index (χ1) is 3.72. The van der Waals surface area contributed by atoms with E-state index in [1.165, 1.54) is 0 Å². The Morgan fingerprint density at radius 2 is 1.25 bits per heavy atom. The van der Waals surface area contributed by atoms with Crippen LogP contribution in [0, 0.1) is 0 Å². The van der Waals surface area contributed by atoms with Crippen LogP contribution in [0.25, 0.3) is 0 Å². The second kappa shape index (κ2) is 3.51. The van der Waals surface area contributed by atoms with Crippen molar-refractivity contribution < 1.29 is 18.2 Å². The van der Waals surface area contributed by atoms with Crippen molar-refractivity contribution in [1.29, 1.82) is 0 Å². The van der Waals surface area contributed by atoms with E-state index in [4.69, 9.17) is 0 Å². The molecule has 46 valence electrons. The van der Waals surface area contributed by atoms with Gasteiger partial charge in [-0.25, -0.2) is 9.59 Å². The third-order valence-electron chi connectivity index (χ3n) is 0.307. The van der Waals surface area contributed by atoms with Gasteiger partial charge in [-0.2, -0.15) is 0 Å². The molecule has 0 bridgehead atoms.